The summed E-state index contributed by atoms with van der Waals surface area (Å²) >= 11 is 0. The largest absolute Gasteiger partial charge is 0.0654 e. The number of hydrogen-bond acceptors (Lipinski definition) is 0. The Bertz CT molecular complexity index is 263. The van der Waals surface area contributed by atoms with Crippen molar-refractivity contribution in [2.45, 2.75) is 52.4 Å². The van der Waals surface area contributed by atoms with Gasteiger partial charge in [0.1, 0.15) is 0 Å². The number of unbranched alkanes of at least 4 members (excludes halogenated alkanes) is 5. The van der Waals surface area contributed by atoms with Crippen LogP contribution in [0.1, 0.15) is 51.0 Å². The molecule has 0 aromatic heterocycles. The zero-order valence-corrected chi connectivity index (χ0v) is 11.6. The van der Waals surface area contributed by atoms with Gasteiger partial charge in [0.25, 0.3) is 0 Å². The lowest BCUT2D eigenvalue weighted by molar-refractivity contribution is 0.626. The van der Waals surface area contributed by atoms with Crippen molar-refractivity contribution in [3.63, 3.8) is 0 Å². The first-order valence-corrected chi connectivity index (χ1v) is 7.65. The van der Waals surface area contributed by atoms with E-state index in [0.29, 0.717) is 0 Å². The monoisotopic (exact) mass is 235 g/mol. The van der Waals surface area contributed by atoms with Crippen LogP contribution in [-0.2, 0) is 0 Å². The lowest BCUT2D eigenvalue weighted by Gasteiger charge is -2.02. The van der Waals surface area contributed by atoms with E-state index < -0.39 is 0 Å². The fourth-order valence-corrected chi connectivity index (χ4v) is 2.75. The Morgan fingerprint density at radius 1 is 0.875 bits per heavy atom. The second-order valence-electron chi connectivity index (χ2n) is 4.49. The van der Waals surface area contributed by atoms with Crippen molar-refractivity contribution in [1.29, 1.82) is 0 Å². The van der Waals surface area contributed by atoms with Crippen LogP contribution in [0.15, 0.2) is 24.3 Å². The van der Waals surface area contributed by atoms with Crippen LogP contribution in [0.4, 0.5) is 0 Å². The normalized spacial score (nSPS) is 11.4. The third-order valence-corrected chi connectivity index (χ3v) is 4.04. The molecule has 0 unspecified atom stereocenters. The van der Waals surface area contributed by atoms with E-state index in [1.54, 1.807) is 0 Å². The molecule has 0 aliphatic rings. The van der Waals surface area contributed by atoms with Crippen LogP contribution in [0.3, 0.4) is 0 Å². The van der Waals surface area contributed by atoms with Crippen molar-refractivity contribution in [3.8, 4) is 0 Å². The molecule has 0 nitrogen and oxygen atoms in total. The van der Waals surface area contributed by atoms with Crippen LogP contribution in [0, 0.1) is 6.92 Å². The molecule has 0 saturated heterocycles. The van der Waals surface area contributed by atoms with Crippen LogP contribution in [0.5, 0.6) is 0 Å². The number of benzene rings is 1. The second kappa shape index (κ2) is 8.76. The lowest BCUT2D eigenvalue weighted by atomic mass is 10.1. The number of hydrogen-bond donors (Lipinski definition) is 0. The molecule has 0 atom stereocenters. The Labute approximate surface area is 103 Å². The molecule has 89 valence electrons. The first kappa shape index (κ1) is 13.7. The van der Waals surface area contributed by atoms with Gasteiger partial charge in [-0.1, -0.05) is 68.9 Å². The lowest BCUT2D eigenvalue weighted by Crippen LogP contribution is -1.94. The van der Waals surface area contributed by atoms with Gasteiger partial charge in [0.15, 0.2) is 0 Å². The molecule has 0 saturated carbocycles. The van der Waals surface area contributed by atoms with Gasteiger partial charge in [-0.25, -0.2) is 0 Å². The highest BCUT2D eigenvalue weighted by molar-refractivity contribution is 7.47. The van der Waals surface area contributed by atoms with E-state index in [2.05, 4.69) is 38.1 Å². The predicted molar refractivity (Wildman–Crippen MR) is 76.0 cm³/mol. The van der Waals surface area contributed by atoms with E-state index >= 15 is 0 Å². The SMILES string of the molecule is CCCCCCCC[P]c1ccc(C)cc1. The Morgan fingerprint density at radius 3 is 2.19 bits per heavy atom. The third kappa shape index (κ3) is 6.28. The Balaban J connectivity index is 2.01. The van der Waals surface area contributed by atoms with E-state index in [4.69, 9.17) is 0 Å². The maximum absolute atomic E-state index is 2.27. The van der Waals surface area contributed by atoms with Gasteiger partial charge in [0.2, 0.25) is 0 Å². The highest BCUT2D eigenvalue weighted by Gasteiger charge is 1.94. The smallest absolute Gasteiger partial charge is 0.0193 e. The third-order valence-electron chi connectivity index (χ3n) is 2.84. The van der Waals surface area contributed by atoms with E-state index in [-0.39, 0.29) is 0 Å². The molecular formula is C15H24P. The van der Waals surface area contributed by atoms with Gasteiger partial charge in [-0.3, -0.25) is 0 Å². The summed E-state index contributed by atoms with van der Waals surface area (Å²) in [5.74, 6) is 0. The summed E-state index contributed by atoms with van der Waals surface area (Å²) in [7, 11) is 1.50. The summed E-state index contributed by atoms with van der Waals surface area (Å²) in [6, 6.07) is 8.94. The quantitative estimate of drug-likeness (QED) is 0.443. The van der Waals surface area contributed by atoms with Gasteiger partial charge < -0.3 is 0 Å². The standard InChI is InChI=1S/C15H24P/c1-3-4-5-6-7-8-13-16-15-11-9-14(2)10-12-15/h9-12H,3-8,13H2,1-2H3. The summed E-state index contributed by atoms with van der Waals surface area (Å²) < 4.78 is 0. The Hall–Kier alpha value is -0.350. The van der Waals surface area contributed by atoms with Crippen LogP contribution in [0.25, 0.3) is 0 Å². The molecule has 0 heterocycles. The van der Waals surface area contributed by atoms with Crippen molar-refractivity contribution in [1.82, 2.24) is 0 Å². The summed E-state index contributed by atoms with van der Waals surface area (Å²) in [5, 5.41) is 1.47. The van der Waals surface area contributed by atoms with E-state index in [1.807, 2.05) is 0 Å². The van der Waals surface area contributed by atoms with Crippen molar-refractivity contribution >= 4 is 13.9 Å². The van der Waals surface area contributed by atoms with Crippen molar-refractivity contribution in [2.75, 3.05) is 6.16 Å². The van der Waals surface area contributed by atoms with Crippen LogP contribution < -0.4 is 5.30 Å². The summed E-state index contributed by atoms with van der Waals surface area (Å²) in [4.78, 5) is 0. The summed E-state index contributed by atoms with van der Waals surface area (Å²) in [6.07, 6.45) is 9.75. The molecule has 1 aromatic rings. The first-order chi connectivity index (χ1) is 7.83. The van der Waals surface area contributed by atoms with Crippen LogP contribution >= 0.6 is 8.58 Å². The Kier molecular flexibility index (Phi) is 7.51. The second-order valence-corrected chi connectivity index (χ2v) is 5.76. The average molecular weight is 235 g/mol. The van der Waals surface area contributed by atoms with Gasteiger partial charge in [0, 0.05) is 0 Å². The van der Waals surface area contributed by atoms with Crippen LogP contribution in [-0.4, -0.2) is 6.16 Å². The zero-order chi connectivity index (χ0) is 11.6. The van der Waals surface area contributed by atoms with Crippen molar-refractivity contribution in [3.05, 3.63) is 29.8 Å². The molecule has 0 aliphatic carbocycles. The van der Waals surface area contributed by atoms with Crippen molar-refractivity contribution < 1.29 is 0 Å². The first-order valence-electron chi connectivity index (χ1n) is 6.57. The van der Waals surface area contributed by atoms with E-state index in [0.717, 1.165) is 0 Å². The molecule has 0 aliphatic heterocycles. The molecule has 0 spiro atoms. The van der Waals surface area contributed by atoms with Crippen LogP contribution in [0.2, 0.25) is 0 Å². The minimum absolute atomic E-state index is 1.33. The van der Waals surface area contributed by atoms with Gasteiger partial charge in [-0.05, 0) is 33.4 Å². The molecule has 1 aromatic carbocycles. The zero-order valence-electron chi connectivity index (χ0n) is 10.7. The van der Waals surface area contributed by atoms with Gasteiger partial charge in [-0.15, -0.1) is 0 Å². The minimum Gasteiger partial charge on any atom is -0.0654 e. The molecule has 0 bridgehead atoms. The maximum atomic E-state index is 2.27. The molecule has 1 rings (SSSR count). The molecule has 1 heteroatoms. The molecule has 0 amide bonds. The highest BCUT2D eigenvalue weighted by atomic mass is 31.1. The Morgan fingerprint density at radius 2 is 1.50 bits per heavy atom. The van der Waals surface area contributed by atoms with E-state index in [9.17, 15) is 0 Å². The predicted octanol–water partition coefficient (Wildman–Crippen LogP) is 4.93. The van der Waals surface area contributed by atoms with Gasteiger partial charge in [0.05, 0.1) is 0 Å². The highest BCUT2D eigenvalue weighted by Crippen LogP contribution is 2.15. The number of aryl methyl sites for hydroxylation is 1. The molecule has 1 radical (unpaired) electrons. The average Bonchev–Trinajstić information content (AvgIpc) is 2.30. The summed E-state index contributed by atoms with van der Waals surface area (Å²) in [6.45, 7) is 4.42. The summed E-state index contributed by atoms with van der Waals surface area (Å²) in [5.41, 5.74) is 1.36. The van der Waals surface area contributed by atoms with E-state index in [1.165, 1.54) is 64.1 Å². The fourth-order valence-electron chi connectivity index (χ4n) is 1.75. The molecule has 0 N–H and O–H groups in total. The topological polar surface area (TPSA) is 0 Å². The van der Waals surface area contributed by atoms with Crippen molar-refractivity contribution in [2.24, 2.45) is 0 Å². The molecule has 0 fully saturated rings. The molecular weight excluding hydrogens is 211 g/mol. The molecule has 16 heavy (non-hydrogen) atoms. The number of rotatable bonds is 8. The van der Waals surface area contributed by atoms with Gasteiger partial charge in [-0.2, -0.15) is 0 Å². The maximum Gasteiger partial charge on any atom is -0.0193 e. The fraction of sp³-hybridized carbons (Fsp3) is 0.600. The minimum atomic E-state index is 1.33. The van der Waals surface area contributed by atoms with Gasteiger partial charge >= 0.3 is 0 Å².